The molecular weight excluding hydrogens is 589 g/mol. The zero-order chi connectivity index (χ0) is 32.2. The summed E-state index contributed by atoms with van der Waals surface area (Å²) in [4.78, 5) is 20.5. The third kappa shape index (κ3) is 4.50. The number of hydrogen-bond donors (Lipinski definition) is 2. The molecule has 6 nitrogen and oxygen atoms in total. The van der Waals surface area contributed by atoms with Crippen LogP contribution in [0.15, 0.2) is 146 Å². The molecular formula is C42H28N6. The molecule has 2 heterocycles. The molecule has 0 unspecified atom stereocenters. The predicted octanol–water partition coefficient (Wildman–Crippen LogP) is 9.71. The van der Waals surface area contributed by atoms with Crippen molar-refractivity contribution in [3.05, 3.63) is 146 Å². The van der Waals surface area contributed by atoms with Crippen LogP contribution in [0, 0.1) is 0 Å². The first kappa shape index (κ1) is 27.6. The second-order valence-corrected chi connectivity index (χ2v) is 11.9. The van der Waals surface area contributed by atoms with E-state index in [1.54, 1.807) is 0 Å². The molecule has 0 saturated carbocycles. The number of aromatic nitrogens is 4. The van der Waals surface area contributed by atoms with Crippen LogP contribution < -0.4 is 11.5 Å². The van der Waals surface area contributed by atoms with Crippen molar-refractivity contribution in [2.75, 3.05) is 11.5 Å². The molecule has 4 N–H and O–H groups in total. The number of benzene rings is 7. The highest BCUT2D eigenvalue weighted by molar-refractivity contribution is 6.20. The second kappa shape index (κ2) is 11.0. The van der Waals surface area contributed by atoms with E-state index in [1.807, 2.05) is 97.1 Å². The van der Waals surface area contributed by atoms with Gasteiger partial charge in [-0.2, -0.15) is 0 Å². The van der Waals surface area contributed by atoms with E-state index in [-0.39, 0.29) is 0 Å². The summed E-state index contributed by atoms with van der Waals surface area (Å²) in [5, 5.41) is 3.70. The molecule has 6 heteroatoms. The van der Waals surface area contributed by atoms with Crippen LogP contribution in [-0.2, 0) is 0 Å². The van der Waals surface area contributed by atoms with E-state index in [1.165, 1.54) is 0 Å². The van der Waals surface area contributed by atoms with Crippen LogP contribution in [0.3, 0.4) is 0 Å². The molecule has 0 spiro atoms. The quantitative estimate of drug-likeness (QED) is 0.116. The Morgan fingerprint density at radius 3 is 0.958 bits per heavy atom. The highest BCUT2D eigenvalue weighted by Crippen LogP contribution is 2.42. The second-order valence-electron chi connectivity index (χ2n) is 11.9. The molecule has 0 atom stereocenters. The standard InChI is InChI=1S/C42H28N6/c43-37-29-21-19-27(41-39(25-11-3-1-4-12-25)45-33-15-7-9-17-35(33)47-41)23-31(29)32-24-28(20-22-30(32)38(37)44)42-40(26-13-5-2-6-14-26)46-34-16-8-10-18-36(34)48-42/h1-24H,43-44H2. The maximum atomic E-state index is 6.70. The summed E-state index contributed by atoms with van der Waals surface area (Å²) in [6, 6.07) is 48.8. The van der Waals surface area contributed by atoms with Crippen LogP contribution in [0.2, 0.25) is 0 Å². The Morgan fingerprint density at radius 2 is 0.604 bits per heavy atom. The highest BCUT2D eigenvalue weighted by Gasteiger charge is 2.19. The van der Waals surface area contributed by atoms with Crippen LogP contribution in [0.5, 0.6) is 0 Å². The summed E-state index contributed by atoms with van der Waals surface area (Å²) in [5.74, 6) is 0. The first-order valence-corrected chi connectivity index (χ1v) is 15.8. The van der Waals surface area contributed by atoms with Gasteiger partial charge in [-0.1, -0.05) is 109 Å². The first-order valence-electron chi connectivity index (χ1n) is 15.8. The minimum atomic E-state index is 0.556. The summed E-state index contributed by atoms with van der Waals surface area (Å²) in [5.41, 5.74) is 25.0. The van der Waals surface area contributed by atoms with Gasteiger partial charge in [-0.3, -0.25) is 0 Å². The Bertz CT molecular complexity index is 2500. The van der Waals surface area contributed by atoms with Gasteiger partial charge in [-0.25, -0.2) is 19.9 Å². The average Bonchev–Trinajstić information content (AvgIpc) is 3.16. The van der Waals surface area contributed by atoms with Gasteiger partial charge >= 0.3 is 0 Å². The van der Waals surface area contributed by atoms with Crippen LogP contribution in [-0.4, -0.2) is 19.9 Å². The summed E-state index contributed by atoms with van der Waals surface area (Å²) in [6.07, 6.45) is 0. The van der Waals surface area contributed by atoms with Crippen molar-refractivity contribution in [1.29, 1.82) is 0 Å². The summed E-state index contributed by atoms with van der Waals surface area (Å²) in [7, 11) is 0. The maximum Gasteiger partial charge on any atom is 0.0973 e. The average molecular weight is 617 g/mol. The third-order valence-electron chi connectivity index (χ3n) is 8.98. The van der Waals surface area contributed by atoms with E-state index in [4.69, 9.17) is 31.4 Å². The van der Waals surface area contributed by atoms with Gasteiger partial charge in [0.25, 0.3) is 0 Å². The number of nitrogens with zero attached hydrogens (tertiary/aromatic N) is 4. The van der Waals surface area contributed by atoms with Crippen molar-refractivity contribution in [2.24, 2.45) is 0 Å². The zero-order valence-corrected chi connectivity index (χ0v) is 25.8. The molecule has 9 rings (SSSR count). The van der Waals surface area contributed by atoms with Crippen LogP contribution in [0.4, 0.5) is 11.4 Å². The van der Waals surface area contributed by atoms with Gasteiger partial charge in [0.1, 0.15) is 0 Å². The van der Waals surface area contributed by atoms with Crippen molar-refractivity contribution >= 4 is 55.0 Å². The topological polar surface area (TPSA) is 104 Å². The van der Waals surface area contributed by atoms with E-state index >= 15 is 0 Å². The smallest absolute Gasteiger partial charge is 0.0973 e. The van der Waals surface area contributed by atoms with E-state index < -0.39 is 0 Å². The SMILES string of the molecule is Nc1c(N)c2ccc(-c3nc4ccccc4nc3-c3ccccc3)cc2c2cc(-c3nc4ccccc4nc3-c3ccccc3)ccc12. The minimum absolute atomic E-state index is 0.556. The lowest BCUT2D eigenvalue weighted by atomic mass is 9.93. The largest absolute Gasteiger partial charge is 0.397 e. The Labute approximate surface area is 276 Å². The number of nitrogen functional groups attached to an aromatic ring is 2. The van der Waals surface area contributed by atoms with Gasteiger partial charge in [-0.05, 0) is 47.2 Å². The number of anilines is 2. The monoisotopic (exact) mass is 616 g/mol. The summed E-state index contributed by atoms with van der Waals surface area (Å²) in [6.45, 7) is 0. The lowest BCUT2D eigenvalue weighted by Crippen LogP contribution is -2.00. The van der Waals surface area contributed by atoms with Gasteiger partial charge in [0.15, 0.2) is 0 Å². The lowest BCUT2D eigenvalue weighted by Gasteiger charge is -2.16. The third-order valence-corrected chi connectivity index (χ3v) is 8.98. The lowest BCUT2D eigenvalue weighted by molar-refractivity contribution is 1.29. The van der Waals surface area contributed by atoms with Crippen LogP contribution >= 0.6 is 0 Å². The van der Waals surface area contributed by atoms with E-state index in [9.17, 15) is 0 Å². The molecule has 0 radical (unpaired) electrons. The van der Waals surface area contributed by atoms with Crippen molar-refractivity contribution < 1.29 is 0 Å². The normalized spacial score (nSPS) is 11.5. The van der Waals surface area contributed by atoms with Crippen molar-refractivity contribution in [3.63, 3.8) is 0 Å². The fraction of sp³-hybridized carbons (Fsp3) is 0. The molecule has 0 amide bonds. The van der Waals surface area contributed by atoms with Gasteiger partial charge in [0.2, 0.25) is 0 Å². The Morgan fingerprint density at radius 1 is 0.292 bits per heavy atom. The van der Waals surface area contributed by atoms with Gasteiger partial charge in [-0.15, -0.1) is 0 Å². The summed E-state index contributed by atoms with van der Waals surface area (Å²) < 4.78 is 0. The van der Waals surface area contributed by atoms with Gasteiger partial charge in [0, 0.05) is 33.0 Å². The predicted molar refractivity (Wildman–Crippen MR) is 198 cm³/mol. The Balaban J connectivity index is 1.31. The van der Waals surface area contributed by atoms with E-state index in [0.29, 0.717) is 11.4 Å². The molecule has 226 valence electrons. The minimum Gasteiger partial charge on any atom is -0.397 e. The maximum absolute atomic E-state index is 6.70. The fourth-order valence-electron chi connectivity index (χ4n) is 6.59. The molecule has 48 heavy (non-hydrogen) atoms. The number of nitrogens with two attached hydrogens (primary N) is 2. The number of hydrogen-bond acceptors (Lipinski definition) is 6. The van der Waals surface area contributed by atoms with E-state index in [0.717, 1.165) is 88.6 Å². The van der Waals surface area contributed by atoms with Gasteiger partial charge in [0.05, 0.1) is 56.2 Å². The van der Waals surface area contributed by atoms with Gasteiger partial charge < -0.3 is 11.5 Å². The summed E-state index contributed by atoms with van der Waals surface area (Å²) >= 11 is 0. The fourth-order valence-corrected chi connectivity index (χ4v) is 6.59. The zero-order valence-electron chi connectivity index (χ0n) is 25.8. The van der Waals surface area contributed by atoms with Crippen molar-refractivity contribution in [2.45, 2.75) is 0 Å². The van der Waals surface area contributed by atoms with Crippen molar-refractivity contribution in [1.82, 2.24) is 19.9 Å². The molecule has 0 fully saturated rings. The van der Waals surface area contributed by atoms with Crippen LogP contribution in [0.25, 0.3) is 88.6 Å². The highest BCUT2D eigenvalue weighted by atomic mass is 14.8. The van der Waals surface area contributed by atoms with E-state index in [2.05, 4.69) is 48.5 Å². The number of rotatable bonds is 4. The molecule has 2 aromatic heterocycles. The first-order chi connectivity index (χ1) is 23.6. The molecule has 0 bridgehead atoms. The number of para-hydroxylation sites is 4. The molecule has 0 aliphatic heterocycles. The Hall–Kier alpha value is -6.66. The van der Waals surface area contributed by atoms with Crippen molar-refractivity contribution in [3.8, 4) is 45.0 Å². The Kier molecular flexibility index (Phi) is 6.33. The number of fused-ring (bicyclic) bond motifs is 5. The molecule has 9 aromatic rings. The molecule has 7 aromatic carbocycles. The van der Waals surface area contributed by atoms with Crippen LogP contribution in [0.1, 0.15) is 0 Å². The molecule has 0 aliphatic carbocycles. The molecule has 0 saturated heterocycles. The molecule has 0 aliphatic rings.